The van der Waals surface area contributed by atoms with E-state index < -0.39 is 10.0 Å². The quantitative estimate of drug-likeness (QED) is 0.640. The first kappa shape index (κ1) is 21.2. The highest BCUT2D eigenvalue weighted by Gasteiger charge is 2.32. The Morgan fingerprint density at radius 1 is 0.875 bits per heavy atom. The van der Waals surface area contributed by atoms with Crippen LogP contribution in [-0.4, -0.2) is 54.7 Å². The van der Waals surface area contributed by atoms with Gasteiger partial charge in [-0.3, -0.25) is 4.79 Å². The summed E-state index contributed by atoms with van der Waals surface area (Å²) in [5.41, 5.74) is 2.74. The standard InChI is InChI=1S/C25H29N3O3S/c29-25(21-9-3-5-11-24(21)32(30,31)28-14-6-1-7-15-28)27-16-12-19(13-17-27)22-18-26-23-10-4-2-8-20(22)23/h2-5,8-11,18-19,26H,1,6-7,12-17H2. The van der Waals surface area contributed by atoms with Crippen molar-refractivity contribution in [3.63, 3.8) is 0 Å². The molecule has 1 amide bonds. The van der Waals surface area contributed by atoms with Crippen LogP contribution in [0.5, 0.6) is 0 Å². The number of para-hydroxylation sites is 1. The van der Waals surface area contributed by atoms with Crippen LogP contribution in [-0.2, 0) is 10.0 Å². The van der Waals surface area contributed by atoms with Gasteiger partial charge in [-0.2, -0.15) is 4.31 Å². The van der Waals surface area contributed by atoms with Crippen molar-refractivity contribution < 1.29 is 13.2 Å². The van der Waals surface area contributed by atoms with E-state index in [4.69, 9.17) is 0 Å². The second-order valence-corrected chi connectivity index (χ2v) is 10.7. The Hall–Kier alpha value is -2.64. The van der Waals surface area contributed by atoms with Crippen LogP contribution in [0.3, 0.4) is 0 Å². The number of carbonyl (C=O) groups is 1. The Labute approximate surface area is 189 Å². The maximum atomic E-state index is 13.4. The zero-order valence-corrected chi connectivity index (χ0v) is 19.0. The number of hydrogen-bond donors (Lipinski definition) is 1. The molecule has 0 spiro atoms. The summed E-state index contributed by atoms with van der Waals surface area (Å²) < 4.78 is 28.1. The zero-order valence-electron chi connectivity index (χ0n) is 18.2. The smallest absolute Gasteiger partial charge is 0.255 e. The summed E-state index contributed by atoms with van der Waals surface area (Å²) in [6, 6.07) is 15.0. The first-order valence-corrected chi connectivity index (χ1v) is 12.9. The number of nitrogens with zero attached hydrogens (tertiary/aromatic N) is 2. The lowest BCUT2D eigenvalue weighted by Gasteiger charge is -2.33. The second-order valence-electron chi connectivity index (χ2n) is 8.82. The van der Waals surface area contributed by atoms with E-state index in [0.29, 0.717) is 37.7 Å². The van der Waals surface area contributed by atoms with Gasteiger partial charge in [0.1, 0.15) is 0 Å². The summed E-state index contributed by atoms with van der Waals surface area (Å²) in [6.07, 6.45) is 6.63. The van der Waals surface area contributed by atoms with Crippen molar-refractivity contribution in [2.75, 3.05) is 26.2 Å². The van der Waals surface area contributed by atoms with Gasteiger partial charge in [-0.25, -0.2) is 8.42 Å². The third-order valence-corrected chi connectivity index (χ3v) is 8.85. The lowest BCUT2D eigenvalue weighted by molar-refractivity contribution is 0.0709. The highest BCUT2D eigenvalue weighted by molar-refractivity contribution is 7.89. The average Bonchev–Trinajstić information content (AvgIpc) is 3.28. The molecule has 0 unspecified atom stereocenters. The fraction of sp³-hybridized carbons (Fsp3) is 0.400. The summed E-state index contributed by atoms with van der Waals surface area (Å²) >= 11 is 0. The normalized spacial score (nSPS) is 18.8. The van der Waals surface area contributed by atoms with Crippen LogP contribution in [0.4, 0.5) is 0 Å². The van der Waals surface area contributed by atoms with E-state index in [1.807, 2.05) is 11.0 Å². The van der Waals surface area contributed by atoms with Crippen LogP contribution < -0.4 is 0 Å². The number of nitrogens with one attached hydrogen (secondary N) is 1. The van der Waals surface area contributed by atoms with Gasteiger partial charge in [0.05, 0.1) is 10.5 Å². The molecule has 1 N–H and O–H groups in total. The molecule has 6 nitrogen and oxygen atoms in total. The van der Waals surface area contributed by atoms with Gasteiger partial charge in [0.15, 0.2) is 0 Å². The molecule has 2 aliphatic rings. The predicted molar refractivity (Wildman–Crippen MR) is 125 cm³/mol. The van der Waals surface area contributed by atoms with Crippen LogP contribution in [0.15, 0.2) is 59.6 Å². The van der Waals surface area contributed by atoms with E-state index in [2.05, 4.69) is 29.4 Å². The van der Waals surface area contributed by atoms with Gasteiger partial charge < -0.3 is 9.88 Å². The molecule has 0 radical (unpaired) electrons. The van der Waals surface area contributed by atoms with Crippen LogP contribution in [0.2, 0.25) is 0 Å². The first-order valence-electron chi connectivity index (χ1n) is 11.5. The monoisotopic (exact) mass is 451 g/mol. The molecular formula is C25H29N3O3S. The number of aromatic amines is 1. The van der Waals surface area contributed by atoms with Crippen LogP contribution in [0.1, 0.15) is 53.9 Å². The van der Waals surface area contributed by atoms with Gasteiger partial charge >= 0.3 is 0 Å². The van der Waals surface area contributed by atoms with Crippen molar-refractivity contribution in [2.24, 2.45) is 0 Å². The number of carbonyl (C=O) groups excluding carboxylic acids is 1. The van der Waals surface area contributed by atoms with E-state index >= 15 is 0 Å². The number of benzene rings is 2. The summed E-state index contributed by atoms with van der Waals surface area (Å²) in [5.74, 6) is 0.209. The van der Waals surface area contributed by atoms with Crippen molar-refractivity contribution in [3.8, 4) is 0 Å². The van der Waals surface area contributed by atoms with Gasteiger partial charge in [-0.1, -0.05) is 36.8 Å². The number of aromatic nitrogens is 1. The van der Waals surface area contributed by atoms with Crippen LogP contribution >= 0.6 is 0 Å². The summed E-state index contributed by atoms with van der Waals surface area (Å²) in [7, 11) is -3.67. The van der Waals surface area contributed by atoms with Gasteiger partial charge in [0.25, 0.3) is 5.91 Å². The van der Waals surface area contributed by atoms with Crippen LogP contribution in [0, 0.1) is 0 Å². The minimum atomic E-state index is -3.67. The highest BCUT2D eigenvalue weighted by Crippen LogP contribution is 2.34. The Morgan fingerprint density at radius 3 is 2.34 bits per heavy atom. The van der Waals surface area contributed by atoms with Crippen molar-refractivity contribution in [1.29, 1.82) is 0 Å². The second kappa shape index (κ2) is 8.71. The molecular weight excluding hydrogens is 422 g/mol. The third kappa shape index (κ3) is 3.84. The Kier molecular flexibility index (Phi) is 5.78. The lowest BCUT2D eigenvalue weighted by atomic mass is 9.89. The van der Waals surface area contributed by atoms with E-state index in [0.717, 1.165) is 37.6 Å². The molecule has 1 aromatic heterocycles. The average molecular weight is 452 g/mol. The largest absolute Gasteiger partial charge is 0.361 e. The number of H-pyrrole nitrogens is 1. The zero-order chi connectivity index (χ0) is 22.1. The Balaban J connectivity index is 1.34. The fourth-order valence-electron chi connectivity index (χ4n) is 5.11. The maximum absolute atomic E-state index is 13.4. The van der Waals surface area contributed by atoms with E-state index in [1.165, 1.54) is 15.3 Å². The molecule has 7 heteroatoms. The number of amides is 1. The number of rotatable bonds is 4. The predicted octanol–water partition coefficient (Wildman–Crippen LogP) is 4.36. The molecule has 3 heterocycles. The Bertz CT molecular complexity index is 1220. The number of piperidine rings is 2. The van der Waals surface area contributed by atoms with Gasteiger partial charge in [0, 0.05) is 43.3 Å². The van der Waals surface area contributed by atoms with Crippen molar-refractivity contribution in [1.82, 2.24) is 14.2 Å². The first-order chi connectivity index (χ1) is 15.6. The summed E-state index contributed by atoms with van der Waals surface area (Å²) in [5, 5.41) is 1.25. The molecule has 2 aliphatic heterocycles. The number of sulfonamides is 1. The molecule has 0 bridgehead atoms. The van der Waals surface area contributed by atoms with Gasteiger partial charge in [0.2, 0.25) is 10.0 Å². The number of hydrogen-bond acceptors (Lipinski definition) is 3. The minimum Gasteiger partial charge on any atom is -0.361 e. The lowest BCUT2D eigenvalue weighted by Crippen LogP contribution is -2.40. The minimum absolute atomic E-state index is 0.144. The van der Waals surface area contributed by atoms with Gasteiger partial charge in [-0.05, 0) is 55.4 Å². The molecule has 168 valence electrons. The molecule has 2 aromatic carbocycles. The van der Waals surface area contributed by atoms with Crippen molar-refractivity contribution in [3.05, 3.63) is 65.9 Å². The summed E-state index contributed by atoms with van der Waals surface area (Å²) in [6.45, 7) is 2.31. The molecule has 0 aliphatic carbocycles. The van der Waals surface area contributed by atoms with Crippen molar-refractivity contribution >= 4 is 26.8 Å². The fourth-order valence-corrected chi connectivity index (χ4v) is 6.81. The molecule has 2 saturated heterocycles. The molecule has 5 rings (SSSR count). The van der Waals surface area contributed by atoms with E-state index in [-0.39, 0.29) is 10.8 Å². The topological polar surface area (TPSA) is 73.5 Å². The summed E-state index contributed by atoms with van der Waals surface area (Å²) in [4.78, 5) is 18.7. The molecule has 3 aromatic rings. The maximum Gasteiger partial charge on any atom is 0.255 e. The van der Waals surface area contributed by atoms with Gasteiger partial charge in [-0.15, -0.1) is 0 Å². The molecule has 0 atom stereocenters. The molecule has 2 fully saturated rings. The molecule has 32 heavy (non-hydrogen) atoms. The highest BCUT2D eigenvalue weighted by atomic mass is 32.2. The van der Waals surface area contributed by atoms with Crippen LogP contribution in [0.25, 0.3) is 10.9 Å². The number of likely N-dealkylation sites (tertiary alicyclic amines) is 1. The number of fused-ring (bicyclic) bond motifs is 1. The third-order valence-electron chi connectivity index (χ3n) is 6.89. The SMILES string of the molecule is O=C(c1ccccc1S(=O)(=O)N1CCCCC1)N1CCC(c2c[nH]c3ccccc23)CC1. The van der Waals surface area contributed by atoms with E-state index in [9.17, 15) is 13.2 Å². The Morgan fingerprint density at radius 2 is 1.56 bits per heavy atom. The van der Waals surface area contributed by atoms with E-state index in [1.54, 1.807) is 24.3 Å². The molecule has 0 saturated carbocycles. The van der Waals surface area contributed by atoms with Crippen molar-refractivity contribution in [2.45, 2.75) is 42.9 Å².